The van der Waals surface area contributed by atoms with Crippen molar-refractivity contribution in [1.82, 2.24) is 15.5 Å². The maximum absolute atomic E-state index is 12.2. The van der Waals surface area contributed by atoms with Gasteiger partial charge in [0, 0.05) is 32.0 Å². The van der Waals surface area contributed by atoms with Crippen LogP contribution >= 0.6 is 0 Å². The number of carbonyl (C=O) groups excluding carboxylic acids is 3. The summed E-state index contributed by atoms with van der Waals surface area (Å²) < 4.78 is 0. The van der Waals surface area contributed by atoms with E-state index in [2.05, 4.69) is 10.6 Å². The van der Waals surface area contributed by atoms with E-state index in [0.29, 0.717) is 13.1 Å². The molecule has 0 aromatic heterocycles. The Kier molecular flexibility index (Phi) is 7.42. The van der Waals surface area contributed by atoms with Crippen LogP contribution in [-0.4, -0.2) is 55.7 Å². The fourth-order valence-electron chi connectivity index (χ4n) is 1.78. The molecule has 2 amide bonds. The molecule has 0 aliphatic rings. The smallest absolute Gasteiger partial charge is 0.243 e. The minimum absolute atomic E-state index is 0.0315. The first kappa shape index (κ1) is 18.6. The molecular formula is C14H27N3O3. The van der Waals surface area contributed by atoms with E-state index in [1.807, 2.05) is 0 Å². The minimum atomic E-state index is -0.754. The molecule has 6 heteroatoms. The van der Waals surface area contributed by atoms with E-state index in [0.717, 1.165) is 0 Å². The number of hydrogen-bond donors (Lipinski definition) is 2. The van der Waals surface area contributed by atoms with Gasteiger partial charge in [-0.25, -0.2) is 0 Å². The average Bonchev–Trinajstić information content (AvgIpc) is 2.33. The number of nitrogens with zero attached hydrogens (tertiary/aromatic N) is 1. The first-order chi connectivity index (χ1) is 9.11. The number of amides is 2. The molecule has 0 heterocycles. The first-order valence-electron chi connectivity index (χ1n) is 6.80. The third-order valence-electron chi connectivity index (χ3n) is 2.89. The van der Waals surface area contributed by atoms with Crippen molar-refractivity contribution in [2.45, 2.75) is 40.2 Å². The van der Waals surface area contributed by atoms with Crippen LogP contribution in [0.25, 0.3) is 0 Å². The Morgan fingerprint density at radius 1 is 1.15 bits per heavy atom. The Labute approximate surface area is 121 Å². The van der Waals surface area contributed by atoms with Gasteiger partial charge in [-0.15, -0.1) is 0 Å². The lowest BCUT2D eigenvalue weighted by Gasteiger charge is -2.31. The Morgan fingerprint density at radius 3 is 2.10 bits per heavy atom. The maximum Gasteiger partial charge on any atom is 0.243 e. The molecular weight excluding hydrogens is 258 g/mol. The van der Waals surface area contributed by atoms with Crippen molar-refractivity contribution in [3.63, 3.8) is 0 Å². The summed E-state index contributed by atoms with van der Waals surface area (Å²) in [6.45, 7) is 7.88. The van der Waals surface area contributed by atoms with E-state index < -0.39 is 11.5 Å². The van der Waals surface area contributed by atoms with Crippen molar-refractivity contribution in [1.29, 1.82) is 0 Å². The van der Waals surface area contributed by atoms with Crippen molar-refractivity contribution in [2.24, 2.45) is 5.41 Å². The zero-order valence-electron chi connectivity index (χ0n) is 13.4. The number of Topliss-reactive ketones (excluding diaryl/α,β-unsaturated/α-hetero) is 1. The summed E-state index contributed by atoms with van der Waals surface area (Å²) in [5.74, 6) is -0.574. The van der Waals surface area contributed by atoms with E-state index in [1.54, 1.807) is 34.9 Å². The lowest BCUT2D eigenvalue weighted by atomic mass is 9.93. The van der Waals surface area contributed by atoms with E-state index >= 15 is 0 Å². The molecule has 2 N–H and O–H groups in total. The predicted octanol–water partition coefficient (Wildman–Crippen LogP) is 0.174. The molecule has 116 valence electrons. The second-order valence-corrected chi connectivity index (χ2v) is 5.98. The van der Waals surface area contributed by atoms with Crippen LogP contribution in [0.4, 0.5) is 0 Å². The Hall–Kier alpha value is -1.43. The van der Waals surface area contributed by atoms with Gasteiger partial charge in [-0.1, -0.05) is 20.8 Å². The van der Waals surface area contributed by atoms with Crippen molar-refractivity contribution >= 4 is 17.6 Å². The second kappa shape index (κ2) is 7.99. The first-order valence-corrected chi connectivity index (χ1v) is 6.80. The van der Waals surface area contributed by atoms with Crippen LogP contribution in [0.5, 0.6) is 0 Å². The van der Waals surface area contributed by atoms with Crippen LogP contribution in [-0.2, 0) is 14.4 Å². The number of ketones is 1. The summed E-state index contributed by atoms with van der Waals surface area (Å²) in [5.41, 5.74) is -0.588. The van der Waals surface area contributed by atoms with E-state index in [1.165, 1.54) is 11.8 Å². The Balaban J connectivity index is 4.91. The van der Waals surface area contributed by atoms with Crippen LogP contribution in [0.3, 0.4) is 0 Å². The monoisotopic (exact) mass is 285 g/mol. The molecule has 0 aliphatic heterocycles. The fourth-order valence-corrected chi connectivity index (χ4v) is 1.78. The highest BCUT2D eigenvalue weighted by atomic mass is 16.2. The second-order valence-electron chi connectivity index (χ2n) is 5.98. The van der Waals surface area contributed by atoms with E-state index in [4.69, 9.17) is 0 Å². The molecule has 0 fully saturated rings. The van der Waals surface area contributed by atoms with Gasteiger partial charge in [-0.05, 0) is 14.0 Å². The summed E-state index contributed by atoms with van der Waals surface area (Å²) in [4.78, 5) is 37.1. The lowest BCUT2D eigenvalue weighted by Crippen LogP contribution is -2.52. The van der Waals surface area contributed by atoms with Gasteiger partial charge in [0.2, 0.25) is 11.8 Å². The summed E-state index contributed by atoms with van der Waals surface area (Å²) in [7, 11) is 3.35. The van der Waals surface area contributed by atoms with E-state index in [9.17, 15) is 14.4 Å². The highest BCUT2D eigenvalue weighted by Crippen LogP contribution is 2.19. The largest absolute Gasteiger partial charge is 0.353 e. The van der Waals surface area contributed by atoms with Crippen LogP contribution in [0.1, 0.15) is 34.1 Å². The molecule has 0 saturated heterocycles. The fraction of sp³-hybridized carbons (Fsp3) is 0.786. The molecule has 0 aromatic carbocycles. The molecule has 0 saturated carbocycles. The van der Waals surface area contributed by atoms with Gasteiger partial charge in [0.15, 0.2) is 0 Å². The summed E-state index contributed by atoms with van der Waals surface area (Å²) in [5, 5.41) is 5.65. The number of hydrogen-bond acceptors (Lipinski definition) is 4. The molecule has 20 heavy (non-hydrogen) atoms. The van der Waals surface area contributed by atoms with Crippen molar-refractivity contribution in [2.75, 3.05) is 27.2 Å². The van der Waals surface area contributed by atoms with Crippen LogP contribution in [0, 0.1) is 5.41 Å². The number of carbonyl (C=O) groups is 3. The number of rotatable bonds is 7. The normalized spacial score (nSPS) is 12.7. The van der Waals surface area contributed by atoms with Crippen molar-refractivity contribution in [3.8, 4) is 0 Å². The van der Waals surface area contributed by atoms with Gasteiger partial charge in [-0.3, -0.25) is 14.4 Å². The van der Waals surface area contributed by atoms with E-state index in [-0.39, 0.29) is 24.0 Å². The maximum atomic E-state index is 12.2. The molecule has 0 aliphatic carbocycles. The lowest BCUT2D eigenvalue weighted by molar-refractivity contribution is -0.146. The number of likely N-dealkylation sites (N-methyl/N-ethyl adjacent to an activating group) is 2. The molecule has 0 aromatic rings. The van der Waals surface area contributed by atoms with Gasteiger partial charge in [0.1, 0.15) is 11.8 Å². The standard InChI is InChI=1S/C14H27N3O3/c1-10(18)9-11(12(19)16-8-7-15-5)17(6)13(20)14(2,3)4/h11,15H,7-9H2,1-6H3,(H,16,19)/t11-/m0/s1. The molecule has 0 rings (SSSR count). The van der Waals surface area contributed by atoms with Gasteiger partial charge in [0.25, 0.3) is 0 Å². The SMILES string of the molecule is CNCCNC(=O)[C@H](CC(C)=O)N(C)C(=O)C(C)(C)C. The van der Waals surface area contributed by atoms with Gasteiger partial charge >= 0.3 is 0 Å². The topological polar surface area (TPSA) is 78.5 Å². The summed E-state index contributed by atoms with van der Waals surface area (Å²) in [6.07, 6.45) is 0.0315. The molecule has 6 nitrogen and oxygen atoms in total. The average molecular weight is 285 g/mol. The van der Waals surface area contributed by atoms with Gasteiger partial charge in [-0.2, -0.15) is 0 Å². The van der Waals surface area contributed by atoms with Crippen molar-refractivity contribution in [3.05, 3.63) is 0 Å². The molecule has 0 spiro atoms. The molecule has 0 unspecified atom stereocenters. The zero-order chi connectivity index (χ0) is 15.9. The third kappa shape index (κ3) is 6.14. The quantitative estimate of drug-likeness (QED) is 0.654. The minimum Gasteiger partial charge on any atom is -0.353 e. The molecule has 1 atom stereocenters. The van der Waals surface area contributed by atoms with Crippen LogP contribution in [0.15, 0.2) is 0 Å². The van der Waals surface area contributed by atoms with Crippen molar-refractivity contribution < 1.29 is 14.4 Å². The Morgan fingerprint density at radius 2 is 1.70 bits per heavy atom. The van der Waals surface area contributed by atoms with Gasteiger partial charge < -0.3 is 15.5 Å². The summed E-state index contributed by atoms with van der Waals surface area (Å²) in [6, 6.07) is -0.754. The van der Waals surface area contributed by atoms with Crippen LogP contribution in [0.2, 0.25) is 0 Å². The third-order valence-corrected chi connectivity index (χ3v) is 2.89. The summed E-state index contributed by atoms with van der Waals surface area (Å²) >= 11 is 0. The highest BCUT2D eigenvalue weighted by molar-refractivity contribution is 5.93. The predicted molar refractivity (Wildman–Crippen MR) is 78.2 cm³/mol. The number of nitrogens with one attached hydrogen (secondary N) is 2. The zero-order valence-corrected chi connectivity index (χ0v) is 13.4. The highest BCUT2D eigenvalue weighted by Gasteiger charge is 2.33. The molecule has 0 bridgehead atoms. The Bertz CT molecular complexity index is 361. The molecule has 0 radical (unpaired) electrons. The van der Waals surface area contributed by atoms with Gasteiger partial charge in [0.05, 0.1) is 0 Å². The van der Waals surface area contributed by atoms with Crippen LogP contribution < -0.4 is 10.6 Å².